The molecule has 1 atom stereocenters. The lowest BCUT2D eigenvalue weighted by Crippen LogP contribution is -2.50. The molecule has 0 radical (unpaired) electrons. The van der Waals surface area contributed by atoms with E-state index in [0.717, 1.165) is 41.5 Å². The van der Waals surface area contributed by atoms with Gasteiger partial charge in [0.25, 0.3) is 10.1 Å². The molecule has 3 rings (SSSR count). The van der Waals surface area contributed by atoms with Crippen LogP contribution in [0.15, 0.2) is 42.5 Å². The van der Waals surface area contributed by atoms with E-state index in [1.807, 2.05) is 43.0 Å². The molecule has 1 fully saturated rings. The van der Waals surface area contributed by atoms with Gasteiger partial charge < -0.3 is 9.64 Å². The average molecular weight is 488 g/mol. The van der Waals surface area contributed by atoms with Crippen LogP contribution < -0.4 is 4.74 Å². The van der Waals surface area contributed by atoms with Crippen LogP contribution in [-0.4, -0.2) is 51.3 Å². The first kappa shape index (κ1) is 26.2. The standard InChI is InChI=1S/C27H37NO5S/c1-20(2)33-24-9-6-8-23(17-24)18-26(29)28-14-7-12-27(19-28,13-15-32-34(5,30)31)25-16-21(3)10-11-22(25)4/h6,8-11,16-17,20H,7,12-15,18-19H2,1-5H3/t27-/m1/s1. The van der Waals surface area contributed by atoms with Gasteiger partial charge >= 0.3 is 0 Å². The van der Waals surface area contributed by atoms with Gasteiger partial charge in [0.1, 0.15) is 5.75 Å². The van der Waals surface area contributed by atoms with Gasteiger partial charge in [0, 0.05) is 18.5 Å². The van der Waals surface area contributed by atoms with Crippen LogP contribution in [-0.2, 0) is 30.9 Å². The largest absolute Gasteiger partial charge is 0.491 e. The lowest BCUT2D eigenvalue weighted by Gasteiger charge is -2.44. The summed E-state index contributed by atoms with van der Waals surface area (Å²) < 4.78 is 34.1. The lowest BCUT2D eigenvalue weighted by atomic mass is 9.70. The van der Waals surface area contributed by atoms with Crippen LogP contribution in [0.3, 0.4) is 0 Å². The van der Waals surface area contributed by atoms with Crippen LogP contribution in [0.5, 0.6) is 5.75 Å². The monoisotopic (exact) mass is 487 g/mol. The number of carbonyl (C=O) groups is 1. The molecule has 0 unspecified atom stereocenters. The molecule has 186 valence electrons. The van der Waals surface area contributed by atoms with E-state index in [1.165, 1.54) is 5.56 Å². The minimum Gasteiger partial charge on any atom is -0.491 e. The van der Waals surface area contributed by atoms with Crippen molar-refractivity contribution < 1.29 is 22.1 Å². The Balaban J connectivity index is 1.83. The quantitative estimate of drug-likeness (QED) is 0.485. The van der Waals surface area contributed by atoms with Crippen LogP contribution in [0.4, 0.5) is 0 Å². The number of hydrogen-bond acceptors (Lipinski definition) is 5. The molecule has 0 saturated carbocycles. The van der Waals surface area contributed by atoms with Gasteiger partial charge in [-0.1, -0.05) is 35.9 Å². The summed E-state index contributed by atoms with van der Waals surface area (Å²) in [6, 6.07) is 14.1. The molecule has 1 heterocycles. The number of amides is 1. The maximum atomic E-state index is 13.4. The first-order valence-electron chi connectivity index (χ1n) is 11.9. The molecule has 0 spiro atoms. The van der Waals surface area contributed by atoms with Gasteiger partial charge in [-0.3, -0.25) is 8.98 Å². The predicted octanol–water partition coefficient (Wildman–Crippen LogP) is 4.56. The number of rotatable bonds is 9. The smallest absolute Gasteiger partial charge is 0.264 e. The van der Waals surface area contributed by atoms with E-state index in [0.29, 0.717) is 25.9 Å². The third-order valence-corrected chi connectivity index (χ3v) is 6.99. The van der Waals surface area contributed by atoms with E-state index in [4.69, 9.17) is 8.92 Å². The summed E-state index contributed by atoms with van der Waals surface area (Å²) in [4.78, 5) is 15.3. The fourth-order valence-electron chi connectivity index (χ4n) is 4.89. The molecule has 1 amide bonds. The average Bonchev–Trinajstić information content (AvgIpc) is 2.74. The summed E-state index contributed by atoms with van der Waals surface area (Å²) in [6.07, 6.45) is 3.72. The van der Waals surface area contributed by atoms with E-state index in [1.54, 1.807) is 0 Å². The third kappa shape index (κ3) is 7.06. The van der Waals surface area contributed by atoms with Gasteiger partial charge in [-0.2, -0.15) is 8.42 Å². The van der Waals surface area contributed by atoms with Gasteiger partial charge in [0.05, 0.1) is 25.4 Å². The van der Waals surface area contributed by atoms with E-state index in [9.17, 15) is 13.2 Å². The molecule has 2 aromatic rings. The van der Waals surface area contributed by atoms with Crippen LogP contribution in [0.2, 0.25) is 0 Å². The molecule has 6 nitrogen and oxygen atoms in total. The summed E-state index contributed by atoms with van der Waals surface area (Å²) in [5.41, 5.74) is 4.05. The fraction of sp³-hybridized carbons (Fsp3) is 0.519. The van der Waals surface area contributed by atoms with Gasteiger partial charge in [0.15, 0.2) is 0 Å². The minimum absolute atomic E-state index is 0.0695. The highest BCUT2D eigenvalue weighted by molar-refractivity contribution is 7.85. The molecule has 0 aromatic heterocycles. The third-order valence-electron chi connectivity index (χ3n) is 6.40. The van der Waals surface area contributed by atoms with Crippen molar-refractivity contribution in [2.24, 2.45) is 0 Å². The molecule has 2 aromatic carbocycles. The Morgan fingerprint density at radius 2 is 1.91 bits per heavy atom. The molecular weight excluding hydrogens is 450 g/mol. The molecule has 1 aliphatic rings. The first-order chi connectivity index (χ1) is 16.0. The van der Waals surface area contributed by atoms with Crippen molar-refractivity contribution in [3.05, 3.63) is 64.7 Å². The molecular formula is C27H37NO5S. The van der Waals surface area contributed by atoms with Crippen LogP contribution >= 0.6 is 0 Å². The Hall–Kier alpha value is -2.38. The Morgan fingerprint density at radius 1 is 1.15 bits per heavy atom. The van der Waals surface area contributed by atoms with Gasteiger partial charge in [-0.05, 0) is 75.8 Å². The van der Waals surface area contributed by atoms with E-state index >= 15 is 0 Å². The van der Waals surface area contributed by atoms with Crippen LogP contribution in [0.25, 0.3) is 0 Å². The SMILES string of the molecule is Cc1ccc(C)c([C@@]2(CCOS(C)(=O)=O)CCCN(C(=O)Cc3cccc(OC(C)C)c3)C2)c1. The topological polar surface area (TPSA) is 72.9 Å². The first-order valence-corrected chi connectivity index (χ1v) is 13.7. The normalized spacial score (nSPS) is 18.8. The molecule has 0 bridgehead atoms. The fourth-order valence-corrected chi connectivity index (χ4v) is 5.27. The maximum Gasteiger partial charge on any atom is 0.264 e. The van der Waals surface area contributed by atoms with Gasteiger partial charge in [0.2, 0.25) is 5.91 Å². The molecule has 7 heteroatoms. The van der Waals surface area contributed by atoms with Crippen molar-refractivity contribution in [1.82, 2.24) is 4.90 Å². The van der Waals surface area contributed by atoms with Crippen molar-refractivity contribution in [2.75, 3.05) is 26.0 Å². The van der Waals surface area contributed by atoms with Crippen molar-refractivity contribution in [3.63, 3.8) is 0 Å². The zero-order chi connectivity index (χ0) is 24.9. The highest BCUT2D eigenvalue weighted by Gasteiger charge is 2.39. The number of aryl methyl sites for hydroxylation is 2. The summed E-state index contributed by atoms with van der Waals surface area (Å²) in [5.74, 6) is 0.835. The second-order valence-corrected chi connectivity index (χ2v) is 11.4. The lowest BCUT2D eigenvalue weighted by molar-refractivity contribution is -0.132. The molecule has 1 aliphatic heterocycles. The van der Waals surface area contributed by atoms with E-state index in [-0.39, 0.29) is 24.0 Å². The molecule has 1 saturated heterocycles. The summed E-state index contributed by atoms with van der Waals surface area (Å²) in [6.45, 7) is 9.43. The second-order valence-electron chi connectivity index (χ2n) is 9.78. The van der Waals surface area contributed by atoms with Crippen molar-refractivity contribution in [2.45, 2.75) is 64.9 Å². The number of likely N-dealkylation sites (tertiary alicyclic amines) is 1. The highest BCUT2D eigenvalue weighted by Crippen LogP contribution is 2.39. The molecule has 0 N–H and O–H groups in total. The number of benzene rings is 2. The number of piperidine rings is 1. The van der Waals surface area contributed by atoms with Crippen LogP contribution in [0.1, 0.15) is 55.4 Å². The Labute approximate surface area is 204 Å². The summed E-state index contributed by atoms with van der Waals surface area (Å²) >= 11 is 0. The zero-order valence-electron chi connectivity index (χ0n) is 21.0. The number of ether oxygens (including phenoxy) is 1. The van der Waals surface area contributed by atoms with E-state index < -0.39 is 10.1 Å². The van der Waals surface area contributed by atoms with Crippen molar-refractivity contribution >= 4 is 16.0 Å². The Kier molecular flexibility index (Phi) is 8.42. The van der Waals surface area contributed by atoms with Crippen molar-refractivity contribution in [1.29, 1.82) is 0 Å². The van der Waals surface area contributed by atoms with Gasteiger partial charge in [-0.25, -0.2) is 0 Å². The zero-order valence-corrected chi connectivity index (χ0v) is 21.8. The number of hydrogen-bond donors (Lipinski definition) is 0. The Bertz CT molecular complexity index is 1110. The number of nitrogens with zero attached hydrogens (tertiary/aromatic N) is 1. The van der Waals surface area contributed by atoms with Crippen molar-refractivity contribution in [3.8, 4) is 5.75 Å². The predicted molar refractivity (Wildman–Crippen MR) is 135 cm³/mol. The highest BCUT2D eigenvalue weighted by atomic mass is 32.2. The minimum atomic E-state index is -3.53. The van der Waals surface area contributed by atoms with Crippen LogP contribution in [0, 0.1) is 13.8 Å². The maximum absolute atomic E-state index is 13.4. The summed E-state index contributed by atoms with van der Waals surface area (Å²) in [5, 5.41) is 0. The summed E-state index contributed by atoms with van der Waals surface area (Å²) in [7, 11) is -3.53. The molecule has 34 heavy (non-hydrogen) atoms. The Morgan fingerprint density at radius 3 is 2.62 bits per heavy atom. The van der Waals surface area contributed by atoms with E-state index in [2.05, 4.69) is 32.0 Å². The second kappa shape index (κ2) is 10.9. The molecule has 0 aliphatic carbocycles. The number of carbonyl (C=O) groups excluding carboxylic acids is 1. The van der Waals surface area contributed by atoms with Gasteiger partial charge in [-0.15, -0.1) is 0 Å².